The van der Waals surface area contributed by atoms with Gasteiger partial charge in [-0.25, -0.2) is 0 Å². The number of rotatable bonds is 0. The highest BCUT2D eigenvalue weighted by molar-refractivity contribution is 5.94. The summed E-state index contributed by atoms with van der Waals surface area (Å²) in [5, 5.41) is 5.69. The second-order valence-electron chi connectivity index (χ2n) is 9.70. The molecule has 0 spiro atoms. The van der Waals surface area contributed by atoms with E-state index in [0.29, 0.717) is 65.5 Å². The number of ether oxygens (including phenoxy) is 6. The van der Waals surface area contributed by atoms with Crippen LogP contribution in [0.15, 0.2) is 109 Å². The van der Waals surface area contributed by atoms with Gasteiger partial charge in [0.05, 0.1) is 24.6 Å². The number of anilines is 2. The predicted octanol–water partition coefficient (Wildman–Crippen LogP) is 5.90. The second kappa shape index (κ2) is 16.3. The van der Waals surface area contributed by atoms with Crippen LogP contribution in [-0.2, 0) is 9.59 Å². The van der Waals surface area contributed by atoms with Gasteiger partial charge < -0.3 is 39.1 Å². The van der Waals surface area contributed by atoms with Crippen molar-refractivity contribution in [3.8, 4) is 34.5 Å². The SMILES string of the molecule is O=C1COc2ccccc2OC/C=C\COc2ccccc2OCC(=O)Nc2ccccc2OCCCOc2ccccc2N1. The molecule has 1 aliphatic heterocycles. The minimum absolute atomic E-state index is 0.219. The first-order chi connectivity index (χ1) is 22.2. The summed E-state index contributed by atoms with van der Waals surface area (Å²) < 4.78 is 35.1. The topological polar surface area (TPSA) is 114 Å². The molecule has 0 saturated heterocycles. The molecule has 0 bridgehead atoms. The lowest BCUT2D eigenvalue weighted by atomic mass is 10.3. The van der Waals surface area contributed by atoms with Gasteiger partial charge in [-0.2, -0.15) is 0 Å². The molecule has 2 amide bonds. The fraction of sp³-hybridized carbons (Fsp3) is 0.200. The van der Waals surface area contributed by atoms with Crippen molar-refractivity contribution in [2.75, 3.05) is 50.3 Å². The van der Waals surface area contributed by atoms with E-state index in [0.717, 1.165) is 0 Å². The number of fused-ring (bicyclic) bond motifs is 4. The Bertz CT molecular complexity index is 1490. The number of carbonyl (C=O) groups excluding carboxylic acids is 2. The largest absolute Gasteiger partial charge is 0.491 e. The van der Waals surface area contributed by atoms with Crippen LogP contribution in [-0.4, -0.2) is 51.5 Å². The normalized spacial score (nSPS) is 15.7. The Labute approximate surface area is 261 Å². The van der Waals surface area contributed by atoms with Crippen molar-refractivity contribution in [2.24, 2.45) is 0 Å². The molecule has 4 aromatic carbocycles. The van der Waals surface area contributed by atoms with E-state index in [-0.39, 0.29) is 38.2 Å². The Hall–Kier alpha value is -5.64. The van der Waals surface area contributed by atoms with Gasteiger partial charge >= 0.3 is 0 Å². The average Bonchev–Trinajstić information content (AvgIpc) is 3.06. The number of benzene rings is 4. The Balaban J connectivity index is 1.28. The molecule has 2 N–H and O–H groups in total. The zero-order chi connectivity index (χ0) is 31.1. The van der Waals surface area contributed by atoms with E-state index < -0.39 is 0 Å². The van der Waals surface area contributed by atoms with Gasteiger partial charge in [0.25, 0.3) is 11.8 Å². The van der Waals surface area contributed by atoms with Crippen molar-refractivity contribution < 1.29 is 38.0 Å². The molecule has 0 aromatic heterocycles. The number of hydrogen-bond acceptors (Lipinski definition) is 8. The zero-order valence-corrected chi connectivity index (χ0v) is 24.6. The van der Waals surface area contributed by atoms with Gasteiger partial charge in [0.1, 0.15) is 24.7 Å². The lowest BCUT2D eigenvalue weighted by molar-refractivity contribution is -0.118. The highest BCUT2D eigenvalue weighted by Gasteiger charge is 2.13. The summed E-state index contributed by atoms with van der Waals surface area (Å²) in [4.78, 5) is 25.5. The van der Waals surface area contributed by atoms with E-state index in [9.17, 15) is 9.59 Å². The van der Waals surface area contributed by atoms with Crippen molar-refractivity contribution in [1.29, 1.82) is 0 Å². The van der Waals surface area contributed by atoms with Gasteiger partial charge in [0.2, 0.25) is 0 Å². The van der Waals surface area contributed by atoms with E-state index in [2.05, 4.69) is 10.6 Å². The van der Waals surface area contributed by atoms with Gasteiger partial charge in [0.15, 0.2) is 36.2 Å². The second-order valence-corrected chi connectivity index (χ2v) is 9.70. The average molecular weight is 611 g/mol. The van der Waals surface area contributed by atoms with Gasteiger partial charge in [-0.3, -0.25) is 9.59 Å². The quantitative estimate of drug-likeness (QED) is 0.237. The van der Waals surface area contributed by atoms with Crippen LogP contribution in [0.3, 0.4) is 0 Å². The van der Waals surface area contributed by atoms with Crippen molar-refractivity contribution >= 4 is 23.2 Å². The molecule has 1 heterocycles. The molecule has 4 aromatic rings. The molecule has 1 aliphatic rings. The minimum Gasteiger partial charge on any atom is -0.491 e. The maximum Gasteiger partial charge on any atom is 0.262 e. The fourth-order valence-electron chi connectivity index (χ4n) is 4.26. The third kappa shape index (κ3) is 9.42. The molecule has 0 fully saturated rings. The summed E-state index contributed by atoms with van der Waals surface area (Å²) in [6.45, 7) is 0.750. The van der Waals surface area contributed by atoms with E-state index >= 15 is 0 Å². The molecule has 45 heavy (non-hydrogen) atoms. The van der Waals surface area contributed by atoms with Crippen LogP contribution in [0.4, 0.5) is 11.4 Å². The molecule has 5 rings (SSSR count). The third-order valence-corrected chi connectivity index (χ3v) is 6.38. The highest BCUT2D eigenvalue weighted by Crippen LogP contribution is 2.29. The number of hydrogen-bond donors (Lipinski definition) is 2. The van der Waals surface area contributed by atoms with Crippen LogP contribution in [0, 0.1) is 0 Å². The van der Waals surface area contributed by atoms with E-state index in [4.69, 9.17) is 28.4 Å². The maximum atomic E-state index is 12.8. The molecule has 232 valence electrons. The Kier molecular flexibility index (Phi) is 11.1. The Morgan fingerprint density at radius 1 is 0.422 bits per heavy atom. The van der Waals surface area contributed by atoms with Crippen molar-refractivity contribution in [1.82, 2.24) is 0 Å². The lowest BCUT2D eigenvalue weighted by Gasteiger charge is -2.15. The number of nitrogens with one attached hydrogen (secondary N) is 2. The highest BCUT2D eigenvalue weighted by atomic mass is 16.5. The summed E-state index contributed by atoms with van der Waals surface area (Å²) in [6, 6.07) is 28.6. The van der Waals surface area contributed by atoms with Crippen molar-refractivity contribution in [3.63, 3.8) is 0 Å². The Morgan fingerprint density at radius 2 is 0.778 bits per heavy atom. The van der Waals surface area contributed by atoms with E-state index in [1.54, 1.807) is 60.7 Å². The zero-order valence-electron chi connectivity index (χ0n) is 24.6. The third-order valence-electron chi connectivity index (χ3n) is 6.38. The number of amides is 2. The molecular weight excluding hydrogens is 576 g/mol. The van der Waals surface area contributed by atoms with Gasteiger partial charge in [-0.15, -0.1) is 0 Å². The summed E-state index contributed by atoms with van der Waals surface area (Å²) in [5.74, 6) is 2.24. The first-order valence-corrected chi connectivity index (χ1v) is 14.5. The first kappa shape index (κ1) is 30.8. The van der Waals surface area contributed by atoms with Crippen molar-refractivity contribution in [2.45, 2.75) is 6.42 Å². The first-order valence-electron chi connectivity index (χ1n) is 14.5. The lowest BCUT2D eigenvalue weighted by Crippen LogP contribution is -2.21. The standard InChI is InChI=1S/C35H34N2O8/c38-34-24-44-32-18-7-5-16-30(32)42-20-9-10-21-43-31-17-6-8-19-33(31)45-25-35(39)37-27-13-2-4-15-29(27)41-23-11-22-40-28-14-3-1-12-26(28)36-34/h1-10,12-19H,11,20-25H2,(H,36,38)(H,37,39)/b10-9-. The molecule has 10 heteroatoms. The van der Waals surface area contributed by atoms with Crippen LogP contribution >= 0.6 is 0 Å². The van der Waals surface area contributed by atoms with Crippen LogP contribution in [0.5, 0.6) is 34.5 Å². The van der Waals surface area contributed by atoms with Gasteiger partial charge in [0, 0.05) is 6.42 Å². The van der Waals surface area contributed by atoms with Crippen LogP contribution in [0.2, 0.25) is 0 Å². The predicted molar refractivity (Wildman–Crippen MR) is 170 cm³/mol. The van der Waals surface area contributed by atoms with E-state index in [1.165, 1.54) is 0 Å². The summed E-state index contributed by atoms with van der Waals surface area (Å²) in [5.41, 5.74) is 1.05. The molecule has 0 atom stereocenters. The maximum absolute atomic E-state index is 12.8. The molecule has 0 saturated carbocycles. The summed E-state index contributed by atoms with van der Waals surface area (Å²) in [7, 11) is 0. The molecule has 0 aliphatic carbocycles. The number of para-hydroxylation sites is 8. The number of carbonyl (C=O) groups is 2. The van der Waals surface area contributed by atoms with Crippen LogP contribution < -0.4 is 39.1 Å². The van der Waals surface area contributed by atoms with Gasteiger partial charge in [-0.05, 0) is 60.7 Å². The molecule has 0 unspecified atom stereocenters. The smallest absolute Gasteiger partial charge is 0.262 e. The van der Waals surface area contributed by atoms with E-state index in [1.807, 2.05) is 48.6 Å². The summed E-state index contributed by atoms with van der Waals surface area (Å²) >= 11 is 0. The Morgan fingerprint density at radius 3 is 1.20 bits per heavy atom. The minimum atomic E-state index is -0.346. The van der Waals surface area contributed by atoms with Crippen LogP contribution in [0.25, 0.3) is 0 Å². The molecular formula is C35H34N2O8. The molecule has 0 radical (unpaired) electrons. The molecule has 10 nitrogen and oxygen atoms in total. The monoisotopic (exact) mass is 610 g/mol. The fourth-order valence-corrected chi connectivity index (χ4v) is 4.26. The summed E-state index contributed by atoms with van der Waals surface area (Å²) in [6.07, 6.45) is 4.17. The van der Waals surface area contributed by atoms with Crippen molar-refractivity contribution in [3.05, 3.63) is 109 Å². The van der Waals surface area contributed by atoms with Gasteiger partial charge in [-0.1, -0.05) is 48.5 Å². The van der Waals surface area contributed by atoms with Crippen LogP contribution in [0.1, 0.15) is 6.42 Å².